The molecule has 1 aromatic heterocycles. The number of aromatic nitrogens is 1. The Balaban J connectivity index is 1.84. The van der Waals surface area contributed by atoms with Gasteiger partial charge < -0.3 is 29.2 Å². The van der Waals surface area contributed by atoms with Gasteiger partial charge in [-0.15, -0.1) is 0 Å². The van der Waals surface area contributed by atoms with Gasteiger partial charge in [0.2, 0.25) is 5.75 Å². The molecule has 3 rings (SSSR count). The first kappa shape index (κ1) is 21.8. The summed E-state index contributed by atoms with van der Waals surface area (Å²) in [5, 5.41) is 3.75. The quantitative estimate of drug-likeness (QED) is 0.698. The lowest BCUT2D eigenvalue weighted by Gasteiger charge is -2.25. The standard InChI is InChI=1S/C22H30N2O6/c1-22(2,3)30-21(26)13-8-7-9-14(13)24-20(25)15-10-12-11-16(27-4)18(28-5)19(29-6)17(12)23-15/h10-11,13-14,23H,7-9H2,1-6H3,(H,24,25). The summed E-state index contributed by atoms with van der Waals surface area (Å²) in [5.41, 5.74) is 0.448. The number of fused-ring (bicyclic) bond motifs is 1. The minimum atomic E-state index is -0.555. The first-order valence-corrected chi connectivity index (χ1v) is 10.0. The second-order valence-corrected chi connectivity index (χ2v) is 8.44. The molecule has 30 heavy (non-hydrogen) atoms. The van der Waals surface area contributed by atoms with Crippen molar-refractivity contribution in [3.05, 3.63) is 17.8 Å². The van der Waals surface area contributed by atoms with E-state index in [0.717, 1.165) is 18.2 Å². The fourth-order valence-corrected chi connectivity index (χ4v) is 3.91. The molecule has 2 unspecified atom stereocenters. The van der Waals surface area contributed by atoms with E-state index < -0.39 is 5.60 Å². The van der Waals surface area contributed by atoms with Crippen LogP contribution in [0.3, 0.4) is 0 Å². The normalized spacial score (nSPS) is 18.9. The predicted molar refractivity (Wildman–Crippen MR) is 112 cm³/mol. The monoisotopic (exact) mass is 418 g/mol. The second kappa shape index (κ2) is 8.45. The molecular formula is C22H30N2O6. The van der Waals surface area contributed by atoms with E-state index in [1.807, 2.05) is 20.8 Å². The summed E-state index contributed by atoms with van der Waals surface area (Å²) >= 11 is 0. The van der Waals surface area contributed by atoms with Crippen molar-refractivity contribution >= 4 is 22.8 Å². The van der Waals surface area contributed by atoms with Crippen LogP contribution in [-0.4, -0.2) is 49.8 Å². The fraction of sp³-hybridized carbons (Fsp3) is 0.545. The van der Waals surface area contributed by atoms with Crippen molar-refractivity contribution in [2.45, 2.75) is 51.7 Å². The van der Waals surface area contributed by atoms with Gasteiger partial charge in [0.25, 0.3) is 5.91 Å². The largest absolute Gasteiger partial charge is 0.493 e. The first-order chi connectivity index (χ1) is 14.2. The first-order valence-electron chi connectivity index (χ1n) is 10.0. The van der Waals surface area contributed by atoms with E-state index in [1.165, 1.54) is 14.2 Å². The summed E-state index contributed by atoms with van der Waals surface area (Å²) in [4.78, 5) is 28.6. The minimum Gasteiger partial charge on any atom is -0.493 e. The topological polar surface area (TPSA) is 98.9 Å². The molecule has 1 heterocycles. The van der Waals surface area contributed by atoms with Crippen LogP contribution in [0.25, 0.3) is 10.9 Å². The van der Waals surface area contributed by atoms with Gasteiger partial charge in [-0.05, 0) is 45.7 Å². The zero-order valence-electron chi connectivity index (χ0n) is 18.4. The molecule has 8 heteroatoms. The van der Waals surface area contributed by atoms with Gasteiger partial charge in [0.15, 0.2) is 11.5 Å². The van der Waals surface area contributed by atoms with Crippen molar-refractivity contribution < 1.29 is 28.5 Å². The number of carbonyl (C=O) groups excluding carboxylic acids is 2. The van der Waals surface area contributed by atoms with Gasteiger partial charge in [0.1, 0.15) is 11.3 Å². The van der Waals surface area contributed by atoms with Gasteiger partial charge in [-0.3, -0.25) is 9.59 Å². The summed E-state index contributed by atoms with van der Waals surface area (Å²) in [5.74, 6) is 0.520. The molecule has 0 aliphatic heterocycles. The van der Waals surface area contributed by atoms with Gasteiger partial charge in [-0.1, -0.05) is 6.42 Å². The van der Waals surface area contributed by atoms with Crippen LogP contribution >= 0.6 is 0 Å². The number of ether oxygens (including phenoxy) is 4. The zero-order valence-corrected chi connectivity index (χ0v) is 18.4. The Kier molecular flexibility index (Phi) is 6.14. The molecule has 0 radical (unpaired) electrons. The fourth-order valence-electron chi connectivity index (χ4n) is 3.91. The minimum absolute atomic E-state index is 0.260. The maximum Gasteiger partial charge on any atom is 0.311 e. The van der Waals surface area contributed by atoms with Gasteiger partial charge >= 0.3 is 5.97 Å². The third-order valence-corrected chi connectivity index (χ3v) is 5.21. The Labute approximate surface area is 176 Å². The molecule has 1 fully saturated rings. The van der Waals surface area contributed by atoms with Crippen molar-refractivity contribution in [1.82, 2.24) is 10.3 Å². The molecule has 1 aromatic carbocycles. The Hall–Kier alpha value is -2.90. The Morgan fingerprint density at radius 2 is 1.73 bits per heavy atom. The van der Waals surface area contributed by atoms with Crippen molar-refractivity contribution in [3.8, 4) is 17.2 Å². The number of rotatable bonds is 6. The van der Waals surface area contributed by atoms with Crippen LogP contribution in [0.5, 0.6) is 17.2 Å². The molecule has 1 saturated carbocycles. The number of carbonyl (C=O) groups is 2. The molecule has 2 aromatic rings. The average molecular weight is 418 g/mol. The van der Waals surface area contributed by atoms with E-state index in [1.54, 1.807) is 19.2 Å². The molecule has 164 valence electrons. The highest BCUT2D eigenvalue weighted by Gasteiger charge is 2.37. The van der Waals surface area contributed by atoms with Crippen LogP contribution < -0.4 is 19.5 Å². The highest BCUT2D eigenvalue weighted by atomic mass is 16.6. The summed E-state index contributed by atoms with van der Waals surface area (Å²) in [7, 11) is 4.60. The van der Waals surface area contributed by atoms with E-state index in [4.69, 9.17) is 18.9 Å². The lowest BCUT2D eigenvalue weighted by atomic mass is 10.0. The molecule has 0 saturated heterocycles. The number of hydrogen-bond donors (Lipinski definition) is 2. The van der Waals surface area contributed by atoms with Crippen molar-refractivity contribution in [2.24, 2.45) is 5.92 Å². The summed E-state index contributed by atoms with van der Waals surface area (Å²) in [6.07, 6.45) is 2.30. The summed E-state index contributed by atoms with van der Waals surface area (Å²) in [6, 6.07) is 3.25. The molecule has 0 bridgehead atoms. The van der Waals surface area contributed by atoms with Crippen molar-refractivity contribution in [3.63, 3.8) is 0 Å². The number of esters is 1. The third-order valence-electron chi connectivity index (χ3n) is 5.21. The van der Waals surface area contributed by atoms with Gasteiger partial charge in [-0.2, -0.15) is 0 Å². The van der Waals surface area contributed by atoms with Crippen LogP contribution in [0.15, 0.2) is 12.1 Å². The van der Waals surface area contributed by atoms with E-state index in [-0.39, 0.29) is 23.8 Å². The van der Waals surface area contributed by atoms with Crippen LogP contribution in [-0.2, 0) is 9.53 Å². The molecule has 0 spiro atoms. The Morgan fingerprint density at radius 3 is 2.33 bits per heavy atom. The highest BCUT2D eigenvalue weighted by molar-refractivity contribution is 6.01. The Bertz CT molecular complexity index is 943. The smallest absolute Gasteiger partial charge is 0.311 e. The van der Waals surface area contributed by atoms with Gasteiger partial charge in [-0.25, -0.2) is 0 Å². The molecule has 2 atom stereocenters. The SMILES string of the molecule is COc1cc2cc(C(=O)NC3CCCC3C(=O)OC(C)(C)C)[nH]c2c(OC)c1OC. The molecule has 1 aliphatic rings. The van der Waals surface area contributed by atoms with Gasteiger partial charge in [0, 0.05) is 11.4 Å². The average Bonchev–Trinajstić information content (AvgIpc) is 3.31. The maximum atomic E-state index is 12.9. The highest BCUT2D eigenvalue weighted by Crippen LogP contribution is 2.43. The number of nitrogens with one attached hydrogen (secondary N) is 2. The number of aromatic amines is 1. The lowest BCUT2D eigenvalue weighted by molar-refractivity contribution is -0.160. The summed E-state index contributed by atoms with van der Waals surface area (Å²) in [6.45, 7) is 5.52. The predicted octanol–water partition coefficient (Wildman–Crippen LogP) is 3.43. The summed E-state index contributed by atoms with van der Waals surface area (Å²) < 4.78 is 21.8. The molecule has 1 aliphatic carbocycles. The number of methoxy groups -OCH3 is 3. The van der Waals surface area contributed by atoms with E-state index in [0.29, 0.717) is 34.9 Å². The number of hydrogen-bond acceptors (Lipinski definition) is 6. The van der Waals surface area contributed by atoms with Crippen LogP contribution in [0.2, 0.25) is 0 Å². The van der Waals surface area contributed by atoms with Crippen LogP contribution in [0.4, 0.5) is 0 Å². The molecular weight excluding hydrogens is 388 g/mol. The molecule has 1 amide bonds. The number of H-pyrrole nitrogens is 1. The zero-order chi connectivity index (χ0) is 22.1. The van der Waals surface area contributed by atoms with E-state index in [9.17, 15) is 9.59 Å². The second-order valence-electron chi connectivity index (χ2n) is 8.44. The van der Waals surface area contributed by atoms with Crippen molar-refractivity contribution in [1.29, 1.82) is 0 Å². The van der Waals surface area contributed by atoms with E-state index >= 15 is 0 Å². The van der Waals surface area contributed by atoms with Gasteiger partial charge in [0.05, 0.1) is 32.8 Å². The van der Waals surface area contributed by atoms with Crippen molar-refractivity contribution in [2.75, 3.05) is 21.3 Å². The van der Waals surface area contributed by atoms with Crippen LogP contribution in [0, 0.1) is 5.92 Å². The Morgan fingerprint density at radius 1 is 1.03 bits per heavy atom. The van der Waals surface area contributed by atoms with Crippen LogP contribution in [0.1, 0.15) is 50.5 Å². The number of benzene rings is 1. The molecule has 2 N–H and O–H groups in total. The molecule has 8 nitrogen and oxygen atoms in total. The van der Waals surface area contributed by atoms with E-state index in [2.05, 4.69) is 10.3 Å². The third kappa shape index (κ3) is 4.32. The number of amides is 1. The maximum absolute atomic E-state index is 12.9. The lowest BCUT2D eigenvalue weighted by Crippen LogP contribution is -2.42.